The fraction of sp³-hybridized carbons (Fsp3) is 0.400. The number of rotatable bonds is 2. The number of carbonyl (C=O) groups excluding carboxylic acids is 1. The van der Waals surface area contributed by atoms with E-state index in [0.29, 0.717) is 24.0 Å². The number of likely N-dealkylation sites (tertiary alicyclic amines) is 1. The van der Waals surface area contributed by atoms with Crippen LogP contribution >= 0.6 is 0 Å². The Morgan fingerprint density at radius 2 is 2.24 bits per heavy atom. The summed E-state index contributed by atoms with van der Waals surface area (Å²) >= 11 is 0. The molecule has 0 saturated carbocycles. The normalized spacial score (nSPS) is 18.9. The van der Waals surface area contributed by atoms with Crippen molar-refractivity contribution in [3.63, 3.8) is 0 Å². The van der Waals surface area contributed by atoms with Crippen LogP contribution in [-0.4, -0.2) is 47.2 Å². The van der Waals surface area contributed by atoms with Gasteiger partial charge in [-0.05, 0) is 32.0 Å². The van der Waals surface area contributed by atoms with Crippen molar-refractivity contribution in [3.05, 3.63) is 40.2 Å². The molecule has 2 N–H and O–H groups in total. The van der Waals surface area contributed by atoms with Crippen LogP contribution in [-0.2, 0) is 0 Å². The highest BCUT2D eigenvalue weighted by atomic mass is 16.2. The summed E-state index contributed by atoms with van der Waals surface area (Å²) < 4.78 is 0. The summed E-state index contributed by atoms with van der Waals surface area (Å²) in [6, 6.07) is 7.37. The maximum atomic E-state index is 12.5. The topological polar surface area (TPSA) is 78.1 Å². The fourth-order valence-electron chi connectivity index (χ4n) is 2.77. The van der Waals surface area contributed by atoms with Crippen molar-refractivity contribution in [2.75, 3.05) is 20.1 Å². The summed E-state index contributed by atoms with van der Waals surface area (Å²) in [6.45, 7) is 1.29. The monoisotopic (exact) mass is 286 g/mol. The van der Waals surface area contributed by atoms with Crippen LogP contribution in [0.4, 0.5) is 0 Å². The molecule has 1 fully saturated rings. The van der Waals surface area contributed by atoms with Crippen molar-refractivity contribution < 1.29 is 4.79 Å². The Morgan fingerprint density at radius 1 is 1.43 bits per heavy atom. The van der Waals surface area contributed by atoms with Gasteiger partial charge in [-0.15, -0.1) is 0 Å². The molecule has 1 aliphatic rings. The number of aromatic nitrogens is 2. The molecule has 21 heavy (non-hydrogen) atoms. The third kappa shape index (κ3) is 2.54. The van der Waals surface area contributed by atoms with Crippen LogP contribution in [0.5, 0.6) is 0 Å². The number of nitrogens with zero attached hydrogens (tertiary/aromatic N) is 2. The van der Waals surface area contributed by atoms with E-state index in [2.05, 4.69) is 15.5 Å². The van der Waals surface area contributed by atoms with E-state index >= 15 is 0 Å². The molecule has 0 spiro atoms. The van der Waals surface area contributed by atoms with Crippen molar-refractivity contribution in [2.45, 2.75) is 18.9 Å². The van der Waals surface area contributed by atoms with E-state index in [9.17, 15) is 9.59 Å². The van der Waals surface area contributed by atoms with E-state index in [1.807, 2.05) is 13.1 Å². The number of amides is 1. The Morgan fingerprint density at radius 3 is 3.05 bits per heavy atom. The maximum absolute atomic E-state index is 12.5. The summed E-state index contributed by atoms with van der Waals surface area (Å²) in [4.78, 5) is 26.7. The molecule has 2 aromatic rings. The molecule has 0 bridgehead atoms. The molecule has 6 heteroatoms. The van der Waals surface area contributed by atoms with Crippen molar-refractivity contribution in [1.82, 2.24) is 20.4 Å². The maximum Gasteiger partial charge on any atom is 0.278 e. The Hall–Kier alpha value is -2.21. The molecule has 0 aliphatic carbocycles. The van der Waals surface area contributed by atoms with Crippen LogP contribution in [0.1, 0.15) is 23.3 Å². The van der Waals surface area contributed by atoms with E-state index in [1.54, 1.807) is 23.1 Å². The molecule has 1 amide bonds. The average molecular weight is 286 g/mol. The number of fused-ring (bicyclic) bond motifs is 1. The van der Waals surface area contributed by atoms with E-state index < -0.39 is 0 Å². The first-order chi connectivity index (χ1) is 10.2. The highest BCUT2D eigenvalue weighted by molar-refractivity contribution is 5.95. The summed E-state index contributed by atoms with van der Waals surface area (Å²) in [5.74, 6) is -0.290. The first-order valence-electron chi connectivity index (χ1n) is 7.14. The van der Waals surface area contributed by atoms with Gasteiger partial charge in [0.15, 0.2) is 5.69 Å². The zero-order valence-corrected chi connectivity index (χ0v) is 11.9. The van der Waals surface area contributed by atoms with Gasteiger partial charge in [-0.2, -0.15) is 5.10 Å². The Bertz CT molecular complexity index is 725. The lowest BCUT2D eigenvalue weighted by Gasteiger charge is -2.32. The lowest BCUT2D eigenvalue weighted by molar-refractivity contribution is 0.0690. The minimum atomic E-state index is -0.305. The quantitative estimate of drug-likeness (QED) is 0.854. The second-order valence-electron chi connectivity index (χ2n) is 5.33. The van der Waals surface area contributed by atoms with Crippen molar-refractivity contribution in [2.24, 2.45) is 0 Å². The molecule has 1 aromatic carbocycles. The van der Waals surface area contributed by atoms with Gasteiger partial charge < -0.3 is 10.2 Å². The predicted octanol–water partition coefficient (Wildman–Crippen LogP) is 0.747. The minimum Gasteiger partial charge on any atom is -0.336 e. The van der Waals surface area contributed by atoms with Gasteiger partial charge in [-0.25, -0.2) is 0 Å². The van der Waals surface area contributed by atoms with Gasteiger partial charge in [0.2, 0.25) is 5.43 Å². The van der Waals surface area contributed by atoms with Crippen LogP contribution in [0.3, 0.4) is 0 Å². The van der Waals surface area contributed by atoms with Crippen molar-refractivity contribution in [3.8, 4) is 0 Å². The number of carbonyl (C=O) groups is 1. The van der Waals surface area contributed by atoms with Crippen LogP contribution < -0.4 is 10.7 Å². The zero-order valence-electron chi connectivity index (χ0n) is 11.9. The van der Waals surface area contributed by atoms with E-state index in [0.717, 1.165) is 12.8 Å². The molecule has 110 valence electrons. The van der Waals surface area contributed by atoms with Crippen LogP contribution in [0, 0.1) is 0 Å². The highest BCUT2D eigenvalue weighted by Crippen LogP contribution is 2.12. The third-order valence-electron chi connectivity index (χ3n) is 3.99. The summed E-state index contributed by atoms with van der Waals surface area (Å²) in [6.07, 6.45) is 1.98. The standard InChI is InChI=1S/C15H18N4O2/c1-16-10-5-4-8-19(9-10)15(21)13-14(20)11-6-2-3-7-12(11)17-18-13/h2-3,6-7,10,16H,4-5,8-9H2,1H3,(H,17,20). The van der Waals surface area contributed by atoms with Gasteiger partial charge in [0.25, 0.3) is 5.91 Å². The molecule has 6 nitrogen and oxygen atoms in total. The molecule has 1 saturated heterocycles. The first kappa shape index (κ1) is 13.8. The molecule has 1 atom stereocenters. The SMILES string of the molecule is CNC1CCCN(C(=O)c2n[nH]c3ccccc3c2=O)C1. The van der Waals surface area contributed by atoms with Crippen LogP contribution in [0.25, 0.3) is 10.9 Å². The third-order valence-corrected chi connectivity index (χ3v) is 3.99. The van der Waals surface area contributed by atoms with E-state index in [-0.39, 0.29) is 23.1 Å². The number of piperidine rings is 1. The lowest BCUT2D eigenvalue weighted by atomic mass is 10.1. The van der Waals surface area contributed by atoms with Gasteiger partial charge in [0.05, 0.1) is 5.52 Å². The van der Waals surface area contributed by atoms with Gasteiger partial charge in [0, 0.05) is 24.5 Å². The number of H-pyrrole nitrogens is 1. The van der Waals surface area contributed by atoms with Crippen molar-refractivity contribution >= 4 is 16.8 Å². The number of aromatic amines is 1. The molecule has 0 radical (unpaired) electrons. The molecule has 1 unspecified atom stereocenters. The van der Waals surface area contributed by atoms with Gasteiger partial charge >= 0.3 is 0 Å². The smallest absolute Gasteiger partial charge is 0.278 e. The zero-order chi connectivity index (χ0) is 14.8. The van der Waals surface area contributed by atoms with Crippen molar-refractivity contribution in [1.29, 1.82) is 0 Å². The van der Waals surface area contributed by atoms with E-state index in [1.165, 1.54) is 0 Å². The average Bonchev–Trinajstić information content (AvgIpc) is 2.55. The number of nitrogens with one attached hydrogen (secondary N) is 2. The molecule has 3 rings (SSSR count). The van der Waals surface area contributed by atoms with E-state index in [4.69, 9.17) is 0 Å². The number of hydrogen-bond donors (Lipinski definition) is 2. The van der Waals surface area contributed by atoms with Gasteiger partial charge in [-0.3, -0.25) is 14.7 Å². The molecule has 1 aliphatic heterocycles. The molecular weight excluding hydrogens is 268 g/mol. The Kier molecular flexibility index (Phi) is 3.70. The summed E-state index contributed by atoms with van der Waals surface area (Å²) in [7, 11) is 1.89. The number of para-hydroxylation sites is 1. The second kappa shape index (κ2) is 5.65. The molecule has 1 aromatic heterocycles. The van der Waals surface area contributed by atoms with Crippen LogP contribution in [0.15, 0.2) is 29.1 Å². The molecular formula is C15H18N4O2. The minimum absolute atomic E-state index is 0.0227. The number of hydrogen-bond acceptors (Lipinski definition) is 4. The lowest BCUT2D eigenvalue weighted by Crippen LogP contribution is -2.48. The predicted molar refractivity (Wildman–Crippen MR) is 80.3 cm³/mol. The Balaban J connectivity index is 1.94. The fourth-order valence-corrected chi connectivity index (χ4v) is 2.77. The first-order valence-corrected chi connectivity index (χ1v) is 7.14. The largest absolute Gasteiger partial charge is 0.336 e. The second-order valence-corrected chi connectivity index (χ2v) is 5.33. The highest BCUT2D eigenvalue weighted by Gasteiger charge is 2.26. The summed E-state index contributed by atoms with van der Waals surface area (Å²) in [5, 5.41) is 10.5. The van der Waals surface area contributed by atoms with Gasteiger partial charge in [0.1, 0.15) is 0 Å². The number of likely N-dealkylation sites (N-methyl/N-ethyl adjacent to an activating group) is 1. The number of benzene rings is 1. The summed E-state index contributed by atoms with van der Waals surface area (Å²) in [5.41, 5.74) is 0.317. The Labute approximate surface area is 122 Å². The van der Waals surface area contributed by atoms with Gasteiger partial charge in [-0.1, -0.05) is 12.1 Å². The van der Waals surface area contributed by atoms with Crippen LogP contribution in [0.2, 0.25) is 0 Å². The molecule has 2 heterocycles.